The summed E-state index contributed by atoms with van der Waals surface area (Å²) in [5.74, 6) is -0.135. The number of nitrogens with zero attached hydrogens (tertiary/aromatic N) is 2. The second kappa shape index (κ2) is 5.29. The zero-order valence-electron chi connectivity index (χ0n) is 9.63. The third-order valence-corrected chi connectivity index (χ3v) is 3.02. The lowest BCUT2D eigenvalue weighted by atomic mass is 9.91. The lowest BCUT2D eigenvalue weighted by Gasteiger charge is -2.36. The van der Waals surface area contributed by atoms with Crippen LogP contribution in [-0.4, -0.2) is 46.2 Å². The monoisotopic (exact) mass is 239 g/mol. The molecule has 1 aromatic rings. The summed E-state index contributed by atoms with van der Waals surface area (Å²) in [4.78, 5) is 11.8. The number of rotatable bonds is 4. The van der Waals surface area contributed by atoms with Gasteiger partial charge in [0.05, 0.1) is 12.1 Å². The van der Waals surface area contributed by atoms with E-state index in [9.17, 15) is 9.90 Å². The second-order valence-corrected chi connectivity index (χ2v) is 4.30. The molecule has 6 heteroatoms. The Hall–Kier alpha value is -1.40. The fourth-order valence-corrected chi connectivity index (χ4v) is 1.96. The summed E-state index contributed by atoms with van der Waals surface area (Å²) in [6.45, 7) is 1.27. The Morgan fingerprint density at radius 2 is 2.29 bits per heavy atom. The minimum absolute atomic E-state index is 0.0544. The molecule has 0 saturated carbocycles. The summed E-state index contributed by atoms with van der Waals surface area (Å²) in [5, 5.41) is 16.3. The minimum atomic E-state index is -0.525. The van der Waals surface area contributed by atoms with Crippen molar-refractivity contribution in [1.82, 2.24) is 15.1 Å². The number of ether oxygens (including phenoxy) is 1. The van der Waals surface area contributed by atoms with Crippen LogP contribution in [0.5, 0.6) is 0 Å². The highest BCUT2D eigenvalue weighted by atomic mass is 16.5. The van der Waals surface area contributed by atoms with E-state index in [0.29, 0.717) is 26.1 Å². The van der Waals surface area contributed by atoms with E-state index in [-0.39, 0.29) is 19.1 Å². The first-order chi connectivity index (χ1) is 8.24. The zero-order chi connectivity index (χ0) is 12.1. The molecule has 1 aliphatic rings. The summed E-state index contributed by atoms with van der Waals surface area (Å²) in [6, 6.07) is 1.77. The van der Waals surface area contributed by atoms with Crippen LogP contribution in [0.2, 0.25) is 0 Å². The van der Waals surface area contributed by atoms with E-state index in [2.05, 4.69) is 10.4 Å². The predicted octanol–water partition coefficient (Wildman–Crippen LogP) is -0.459. The van der Waals surface area contributed by atoms with Gasteiger partial charge in [0.25, 0.3) is 0 Å². The van der Waals surface area contributed by atoms with Gasteiger partial charge in [0, 0.05) is 25.6 Å². The fourth-order valence-electron chi connectivity index (χ4n) is 1.96. The topological polar surface area (TPSA) is 76.4 Å². The molecular weight excluding hydrogens is 222 g/mol. The highest BCUT2D eigenvalue weighted by Gasteiger charge is 2.33. The van der Waals surface area contributed by atoms with E-state index in [4.69, 9.17) is 4.74 Å². The summed E-state index contributed by atoms with van der Waals surface area (Å²) in [5.41, 5.74) is -0.525. The molecule has 0 aliphatic carbocycles. The zero-order valence-corrected chi connectivity index (χ0v) is 9.63. The van der Waals surface area contributed by atoms with Gasteiger partial charge >= 0.3 is 0 Å². The summed E-state index contributed by atoms with van der Waals surface area (Å²) < 4.78 is 6.79. The van der Waals surface area contributed by atoms with Gasteiger partial charge in [0.2, 0.25) is 5.91 Å². The van der Waals surface area contributed by atoms with Gasteiger partial charge in [0.15, 0.2) is 0 Å². The number of amides is 1. The summed E-state index contributed by atoms with van der Waals surface area (Å²) in [7, 11) is 0. The molecule has 0 aromatic carbocycles. The van der Waals surface area contributed by atoms with E-state index in [1.165, 1.54) is 0 Å². The van der Waals surface area contributed by atoms with Crippen LogP contribution in [0.1, 0.15) is 12.8 Å². The molecule has 0 radical (unpaired) electrons. The van der Waals surface area contributed by atoms with Crippen LogP contribution in [0.15, 0.2) is 18.5 Å². The number of aromatic nitrogens is 2. The van der Waals surface area contributed by atoms with E-state index >= 15 is 0 Å². The van der Waals surface area contributed by atoms with Crippen molar-refractivity contribution in [1.29, 1.82) is 0 Å². The number of aliphatic hydroxyl groups excluding tert-OH is 1. The van der Waals surface area contributed by atoms with Crippen LogP contribution in [0.25, 0.3) is 0 Å². The standard InChI is InChI=1S/C11H17N3O3/c15-9-11(2-6-17-7-3-11)13-10(16)8-14-5-1-4-12-14/h1,4-5,15H,2-3,6-9H2,(H,13,16). The van der Waals surface area contributed by atoms with Crippen molar-refractivity contribution < 1.29 is 14.6 Å². The summed E-state index contributed by atoms with van der Waals surface area (Å²) in [6.07, 6.45) is 4.65. The fraction of sp³-hybridized carbons (Fsp3) is 0.636. The van der Waals surface area contributed by atoms with Crippen molar-refractivity contribution in [3.8, 4) is 0 Å². The molecule has 6 nitrogen and oxygen atoms in total. The molecule has 1 aromatic heterocycles. The van der Waals surface area contributed by atoms with Gasteiger partial charge in [-0.2, -0.15) is 5.10 Å². The van der Waals surface area contributed by atoms with Crippen molar-refractivity contribution in [2.75, 3.05) is 19.8 Å². The maximum atomic E-state index is 11.8. The van der Waals surface area contributed by atoms with E-state index < -0.39 is 5.54 Å². The predicted molar refractivity (Wildman–Crippen MR) is 60.2 cm³/mol. The van der Waals surface area contributed by atoms with Crippen LogP contribution >= 0.6 is 0 Å². The van der Waals surface area contributed by atoms with Crippen molar-refractivity contribution >= 4 is 5.91 Å². The third kappa shape index (κ3) is 3.04. The molecule has 0 unspecified atom stereocenters. The van der Waals surface area contributed by atoms with E-state index in [1.807, 2.05) is 0 Å². The van der Waals surface area contributed by atoms with Crippen molar-refractivity contribution in [3.63, 3.8) is 0 Å². The molecular formula is C11H17N3O3. The number of carbonyl (C=O) groups is 1. The van der Waals surface area contributed by atoms with E-state index in [1.54, 1.807) is 23.1 Å². The largest absolute Gasteiger partial charge is 0.394 e. The third-order valence-electron chi connectivity index (χ3n) is 3.02. The Labute approximate surface area is 99.6 Å². The molecule has 0 bridgehead atoms. The SMILES string of the molecule is O=C(Cn1cccn1)NC1(CO)CCOCC1. The molecule has 0 spiro atoms. The quantitative estimate of drug-likeness (QED) is 0.745. The van der Waals surface area contributed by atoms with Crippen LogP contribution in [-0.2, 0) is 16.1 Å². The Kier molecular flexibility index (Phi) is 3.75. The normalized spacial score (nSPS) is 18.9. The Morgan fingerprint density at radius 3 is 2.88 bits per heavy atom. The first-order valence-corrected chi connectivity index (χ1v) is 5.71. The highest BCUT2D eigenvalue weighted by molar-refractivity contribution is 5.76. The highest BCUT2D eigenvalue weighted by Crippen LogP contribution is 2.19. The van der Waals surface area contributed by atoms with Crippen LogP contribution in [0.3, 0.4) is 0 Å². The maximum absolute atomic E-state index is 11.8. The maximum Gasteiger partial charge on any atom is 0.242 e. The second-order valence-electron chi connectivity index (χ2n) is 4.30. The Balaban J connectivity index is 1.91. The van der Waals surface area contributed by atoms with Crippen molar-refractivity contribution in [3.05, 3.63) is 18.5 Å². The van der Waals surface area contributed by atoms with Crippen LogP contribution in [0.4, 0.5) is 0 Å². The minimum Gasteiger partial charge on any atom is -0.394 e. The molecule has 1 fully saturated rings. The number of aliphatic hydroxyl groups is 1. The van der Waals surface area contributed by atoms with Gasteiger partial charge in [-0.1, -0.05) is 0 Å². The van der Waals surface area contributed by atoms with Crippen molar-refractivity contribution in [2.24, 2.45) is 0 Å². The van der Waals surface area contributed by atoms with Crippen LogP contribution < -0.4 is 5.32 Å². The first-order valence-electron chi connectivity index (χ1n) is 5.71. The summed E-state index contributed by atoms with van der Waals surface area (Å²) >= 11 is 0. The molecule has 1 saturated heterocycles. The van der Waals surface area contributed by atoms with Gasteiger partial charge in [-0.05, 0) is 18.9 Å². The Morgan fingerprint density at radius 1 is 1.53 bits per heavy atom. The molecule has 2 heterocycles. The Bertz CT molecular complexity index is 358. The molecule has 2 rings (SSSR count). The average Bonchev–Trinajstić information content (AvgIpc) is 2.83. The number of carbonyl (C=O) groups excluding carboxylic acids is 1. The average molecular weight is 239 g/mol. The molecule has 1 aliphatic heterocycles. The van der Waals surface area contributed by atoms with Gasteiger partial charge in [-0.15, -0.1) is 0 Å². The lowest BCUT2D eigenvalue weighted by Crippen LogP contribution is -2.55. The number of nitrogens with one attached hydrogen (secondary N) is 1. The van der Waals surface area contributed by atoms with Gasteiger partial charge in [-0.25, -0.2) is 0 Å². The lowest BCUT2D eigenvalue weighted by molar-refractivity contribution is -0.126. The van der Waals surface area contributed by atoms with Crippen LogP contribution in [0, 0.1) is 0 Å². The van der Waals surface area contributed by atoms with Gasteiger partial charge in [-0.3, -0.25) is 9.48 Å². The number of hydrogen-bond donors (Lipinski definition) is 2. The molecule has 17 heavy (non-hydrogen) atoms. The molecule has 2 N–H and O–H groups in total. The van der Waals surface area contributed by atoms with Gasteiger partial charge in [0.1, 0.15) is 6.54 Å². The van der Waals surface area contributed by atoms with E-state index in [0.717, 1.165) is 0 Å². The van der Waals surface area contributed by atoms with Crippen molar-refractivity contribution in [2.45, 2.75) is 24.9 Å². The molecule has 0 atom stereocenters. The number of hydrogen-bond acceptors (Lipinski definition) is 4. The first kappa shape index (κ1) is 12.1. The molecule has 94 valence electrons. The smallest absolute Gasteiger partial charge is 0.242 e. The van der Waals surface area contributed by atoms with Gasteiger partial charge < -0.3 is 15.2 Å². The molecule has 1 amide bonds.